The van der Waals surface area contributed by atoms with Gasteiger partial charge in [0, 0.05) is 28.3 Å². The number of benzene rings is 2. The van der Waals surface area contributed by atoms with Crippen LogP contribution in [0.25, 0.3) is 0 Å². The number of hydrogen-bond acceptors (Lipinski definition) is 5. The molecule has 1 radical (unpaired) electrons. The van der Waals surface area contributed by atoms with Crippen molar-refractivity contribution in [3.8, 4) is 5.75 Å². The van der Waals surface area contributed by atoms with Crippen LogP contribution in [0, 0.1) is 0 Å². The van der Waals surface area contributed by atoms with Crippen molar-refractivity contribution in [1.29, 1.82) is 0 Å². The fourth-order valence-electron chi connectivity index (χ4n) is 3.58. The van der Waals surface area contributed by atoms with Gasteiger partial charge >= 0.3 is 0 Å². The second-order valence-corrected chi connectivity index (χ2v) is 10.2. The van der Waals surface area contributed by atoms with Crippen LogP contribution in [0.5, 0.6) is 5.75 Å². The van der Waals surface area contributed by atoms with Crippen molar-refractivity contribution in [2.24, 2.45) is 0 Å². The van der Waals surface area contributed by atoms with E-state index in [-0.39, 0.29) is 11.8 Å². The van der Waals surface area contributed by atoms with Crippen molar-refractivity contribution in [3.63, 3.8) is 0 Å². The van der Waals surface area contributed by atoms with Crippen LogP contribution in [0.15, 0.2) is 47.4 Å². The Morgan fingerprint density at radius 3 is 2.20 bits per heavy atom. The van der Waals surface area contributed by atoms with E-state index < -0.39 is 0 Å². The molecule has 0 atom stereocenters. The van der Waals surface area contributed by atoms with E-state index in [1.165, 1.54) is 56.7 Å². The number of carbonyl (C=O) groups is 2. The number of unbranched alkanes of at least 4 members (excludes halogenated alkanes) is 7. The highest BCUT2D eigenvalue weighted by atomic mass is 32.2. The zero-order chi connectivity index (χ0) is 25.3. The first-order chi connectivity index (χ1) is 17.1. The first-order valence-corrected chi connectivity index (χ1v) is 15.1. The molecule has 0 saturated heterocycles. The molecule has 0 aliphatic heterocycles. The third-order valence-corrected chi connectivity index (χ3v) is 7.02. The number of hydrogen-bond donors (Lipinski definition) is 1. The maximum atomic E-state index is 12.8. The van der Waals surface area contributed by atoms with Gasteiger partial charge in [-0.15, -0.1) is 11.8 Å². The predicted molar refractivity (Wildman–Crippen MR) is 150 cm³/mol. The van der Waals surface area contributed by atoms with Crippen molar-refractivity contribution in [2.75, 3.05) is 31.4 Å². The Balaban J connectivity index is 1.83. The van der Waals surface area contributed by atoms with E-state index in [4.69, 9.17) is 4.74 Å². The average Bonchev–Trinajstić information content (AvgIpc) is 2.88. The highest BCUT2D eigenvalue weighted by Crippen LogP contribution is 2.27. The molecular weight excluding hydrogens is 476 g/mol. The first-order valence-electron chi connectivity index (χ1n) is 12.5. The number of ether oxygens (including phenoxy) is 1. The Hall–Kier alpha value is -2.12. The number of thioether (sulfide) groups is 2. The van der Waals surface area contributed by atoms with E-state index >= 15 is 0 Å². The molecule has 191 valence electrons. The lowest BCUT2D eigenvalue weighted by Crippen LogP contribution is -2.25. The molecule has 5 nitrogen and oxygen atoms in total. The molecule has 0 fully saturated rings. The fraction of sp³-hybridized carbons (Fsp3) is 0.500. The standard InChI is InChI=1S/C28H39N2O3S2/c1-4-5-6-7-8-9-10-11-19-33-24-15-12-22(13-16-24)28(32)30-25-21-23(14-17-26(25)35-3)27(31)29-18-20-34-2/h12-17,21H,4-11,18-20H2,1-3H3,(H,29,31). The Kier molecular flexibility index (Phi) is 14.4. The lowest BCUT2D eigenvalue weighted by Gasteiger charge is -2.11. The number of nitrogens with one attached hydrogen (secondary N) is 1. The lowest BCUT2D eigenvalue weighted by molar-refractivity contribution is 0.0948. The van der Waals surface area contributed by atoms with Gasteiger partial charge in [0.25, 0.3) is 11.8 Å². The number of carbonyl (C=O) groups excluding carboxylic acids is 2. The molecule has 0 aliphatic carbocycles. The molecule has 0 aliphatic rings. The van der Waals surface area contributed by atoms with Gasteiger partial charge in [-0.2, -0.15) is 11.8 Å². The monoisotopic (exact) mass is 515 g/mol. The summed E-state index contributed by atoms with van der Waals surface area (Å²) in [7, 11) is 0. The molecule has 2 aromatic carbocycles. The van der Waals surface area contributed by atoms with Crippen LogP contribution in [0.1, 0.15) is 79.0 Å². The summed E-state index contributed by atoms with van der Waals surface area (Å²) in [5.41, 5.74) is 1.50. The van der Waals surface area contributed by atoms with Crippen LogP contribution < -0.4 is 15.4 Å². The van der Waals surface area contributed by atoms with Crippen molar-refractivity contribution in [2.45, 2.75) is 63.2 Å². The van der Waals surface area contributed by atoms with E-state index in [0.717, 1.165) is 22.8 Å². The summed E-state index contributed by atoms with van der Waals surface area (Å²) in [6, 6.07) is 12.4. The molecule has 2 aromatic rings. The Morgan fingerprint density at radius 1 is 0.886 bits per heavy atom. The second-order valence-electron chi connectivity index (χ2n) is 8.40. The summed E-state index contributed by atoms with van der Waals surface area (Å²) in [5.74, 6) is 1.12. The van der Waals surface area contributed by atoms with Crippen molar-refractivity contribution in [3.05, 3.63) is 53.6 Å². The van der Waals surface area contributed by atoms with Crippen LogP contribution in [0.2, 0.25) is 0 Å². The third-order valence-electron chi connectivity index (χ3n) is 5.62. The minimum atomic E-state index is -0.338. The van der Waals surface area contributed by atoms with Gasteiger partial charge in [-0.1, -0.05) is 51.9 Å². The summed E-state index contributed by atoms with van der Waals surface area (Å²) < 4.78 is 5.83. The molecule has 0 bridgehead atoms. The normalized spacial score (nSPS) is 10.7. The van der Waals surface area contributed by atoms with Gasteiger partial charge in [-0.05, 0) is 61.4 Å². The van der Waals surface area contributed by atoms with Crippen LogP contribution in [-0.2, 0) is 0 Å². The largest absolute Gasteiger partial charge is 0.494 e. The summed E-state index contributed by atoms with van der Waals surface area (Å²) in [6.45, 7) is 3.53. The molecule has 35 heavy (non-hydrogen) atoms. The van der Waals surface area contributed by atoms with Gasteiger partial charge in [0.2, 0.25) is 0 Å². The van der Waals surface area contributed by atoms with Crippen molar-refractivity contribution in [1.82, 2.24) is 10.6 Å². The van der Waals surface area contributed by atoms with E-state index in [1.807, 2.05) is 30.7 Å². The van der Waals surface area contributed by atoms with Crippen LogP contribution in [-0.4, -0.2) is 43.2 Å². The molecule has 2 amide bonds. The first kappa shape index (κ1) is 29.1. The molecule has 0 aromatic heterocycles. The summed E-state index contributed by atoms with van der Waals surface area (Å²) in [6.07, 6.45) is 14.0. The molecule has 0 unspecified atom stereocenters. The van der Waals surface area contributed by atoms with E-state index in [1.54, 1.807) is 36.0 Å². The van der Waals surface area contributed by atoms with Crippen LogP contribution >= 0.6 is 23.5 Å². The number of nitrogens with zero attached hydrogens (tertiary/aromatic N) is 1. The molecule has 1 N–H and O–H groups in total. The van der Waals surface area contributed by atoms with Crippen molar-refractivity contribution >= 4 is 41.0 Å². The van der Waals surface area contributed by atoms with Gasteiger partial charge in [0.05, 0.1) is 12.3 Å². The number of amides is 2. The molecular formula is C28H39N2O3S2. The molecule has 2 rings (SSSR count). The van der Waals surface area contributed by atoms with Gasteiger partial charge < -0.3 is 10.1 Å². The van der Waals surface area contributed by atoms with Gasteiger partial charge in [0.15, 0.2) is 0 Å². The smallest absolute Gasteiger partial charge is 0.277 e. The van der Waals surface area contributed by atoms with Gasteiger partial charge in [-0.3, -0.25) is 9.59 Å². The third kappa shape index (κ3) is 11.0. The second kappa shape index (κ2) is 17.3. The highest BCUT2D eigenvalue weighted by molar-refractivity contribution is 7.98. The van der Waals surface area contributed by atoms with E-state index in [2.05, 4.69) is 17.6 Å². The average molecular weight is 516 g/mol. The van der Waals surface area contributed by atoms with Crippen LogP contribution in [0.4, 0.5) is 5.69 Å². The topological polar surface area (TPSA) is 69.5 Å². The minimum absolute atomic E-state index is 0.159. The fourth-order valence-corrected chi connectivity index (χ4v) is 4.40. The Bertz CT molecular complexity index is 904. The van der Waals surface area contributed by atoms with Crippen LogP contribution in [0.3, 0.4) is 0 Å². The molecule has 7 heteroatoms. The highest BCUT2D eigenvalue weighted by Gasteiger charge is 2.15. The maximum absolute atomic E-state index is 12.8. The minimum Gasteiger partial charge on any atom is -0.494 e. The number of rotatable bonds is 17. The van der Waals surface area contributed by atoms with E-state index in [0.29, 0.717) is 30.0 Å². The van der Waals surface area contributed by atoms with E-state index in [9.17, 15) is 9.59 Å². The predicted octanol–water partition coefficient (Wildman–Crippen LogP) is 7.10. The maximum Gasteiger partial charge on any atom is 0.277 e. The molecule has 0 saturated carbocycles. The Morgan fingerprint density at radius 2 is 1.54 bits per heavy atom. The zero-order valence-corrected chi connectivity index (χ0v) is 22.9. The van der Waals surface area contributed by atoms with Gasteiger partial charge in [-0.25, -0.2) is 5.32 Å². The summed E-state index contributed by atoms with van der Waals surface area (Å²) in [4.78, 5) is 26.0. The van der Waals surface area contributed by atoms with Gasteiger partial charge in [0.1, 0.15) is 5.75 Å². The summed E-state index contributed by atoms with van der Waals surface area (Å²) in [5, 5.41) is 7.19. The SMILES string of the molecule is CCCCCCCCCCOc1ccc(C(=O)[N]c2cc(C(=O)NCCSC)ccc2SC)cc1. The Labute approximate surface area is 219 Å². The summed E-state index contributed by atoms with van der Waals surface area (Å²) >= 11 is 3.17. The molecule has 0 spiro atoms. The molecule has 0 heterocycles. The quantitative estimate of drug-likeness (QED) is 0.180. The van der Waals surface area contributed by atoms with Crippen molar-refractivity contribution < 1.29 is 14.3 Å². The zero-order valence-electron chi connectivity index (χ0n) is 21.3. The lowest BCUT2D eigenvalue weighted by atomic mass is 10.1.